The van der Waals surface area contributed by atoms with Gasteiger partial charge in [-0.25, -0.2) is 0 Å². The van der Waals surface area contributed by atoms with Crippen LogP contribution < -0.4 is 15.5 Å². The molecule has 1 heterocycles. The standard InChI is InChI=1S/C26H19ClF3NO4/c1-2-15-7-9-16(10-8-15)31-22(32)14-34-17-11-12-19-21(13-17)35-25(26(28,29)30)23(24(19)33)18-5-3-4-6-20(18)27/h3-13H,2,14H2,1H3,(H,31,32). The Hall–Kier alpha value is -3.78. The van der Waals surface area contributed by atoms with Gasteiger partial charge in [0.15, 0.2) is 6.61 Å². The number of carbonyl (C=O) groups is 1. The summed E-state index contributed by atoms with van der Waals surface area (Å²) in [4.78, 5) is 25.3. The van der Waals surface area contributed by atoms with E-state index in [9.17, 15) is 22.8 Å². The van der Waals surface area contributed by atoms with Crippen molar-refractivity contribution in [1.29, 1.82) is 0 Å². The van der Waals surface area contributed by atoms with Crippen LogP contribution >= 0.6 is 11.6 Å². The summed E-state index contributed by atoms with van der Waals surface area (Å²) in [5, 5.41) is 2.57. The SMILES string of the molecule is CCc1ccc(NC(=O)COc2ccc3c(=O)c(-c4ccccc4Cl)c(C(F)(F)F)oc3c2)cc1. The molecule has 0 radical (unpaired) electrons. The second kappa shape index (κ2) is 9.84. The number of benzene rings is 3. The fourth-order valence-electron chi connectivity index (χ4n) is 3.54. The zero-order valence-electron chi connectivity index (χ0n) is 18.4. The molecule has 3 aromatic carbocycles. The summed E-state index contributed by atoms with van der Waals surface area (Å²) in [5.41, 5.74) is -0.258. The Morgan fingerprint density at radius 1 is 1.06 bits per heavy atom. The molecule has 0 aliphatic carbocycles. The Kier molecular flexibility index (Phi) is 6.84. The van der Waals surface area contributed by atoms with Crippen molar-refractivity contribution in [2.24, 2.45) is 0 Å². The van der Waals surface area contributed by atoms with Crippen molar-refractivity contribution in [2.75, 3.05) is 11.9 Å². The van der Waals surface area contributed by atoms with E-state index in [1.54, 1.807) is 18.2 Å². The molecule has 1 aromatic heterocycles. The molecule has 0 atom stereocenters. The third-order valence-electron chi connectivity index (χ3n) is 5.28. The van der Waals surface area contributed by atoms with Crippen molar-refractivity contribution in [1.82, 2.24) is 0 Å². The van der Waals surface area contributed by atoms with Gasteiger partial charge < -0.3 is 14.5 Å². The average Bonchev–Trinajstić information content (AvgIpc) is 2.83. The van der Waals surface area contributed by atoms with Crippen molar-refractivity contribution >= 4 is 34.2 Å². The maximum absolute atomic E-state index is 13.8. The number of ether oxygens (including phenoxy) is 1. The Bertz CT molecular complexity index is 1450. The first kappa shape index (κ1) is 24.3. The summed E-state index contributed by atoms with van der Waals surface area (Å²) < 4.78 is 52.0. The highest BCUT2D eigenvalue weighted by molar-refractivity contribution is 6.33. The predicted octanol–water partition coefficient (Wildman–Crippen LogP) is 6.71. The maximum atomic E-state index is 13.8. The van der Waals surface area contributed by atoms with E-state index in [1.807, 2.05) is 19.1 Å². The Morgan fingerprint density at radius 2 is 1.77 bits per heavy atom. The summed E-state index contributed by atoms with van der Waals surface area (Å²) in [6.07, 6.45) is -4.09. The fourth-order valence-corrected chi connectivity index (χ4v) is 3.77. The molecule has 0 unspecified atom stereocenters. The van der Waals surface area contributed by atoms with E-state index in [4.69, 9.17) is 20.8 Å². The van der Waals surface area contributed by atoms with Gasteiger partial charge in [-0.3, -0.25) is 9.59 Å². The molecule has 4 aromatic rings. The number of anilines is 1. The Morgan fingerprint density at radius 3 is 2.43 bits per heavy atom. The molecule has 0 fully saturated rings. The van der Waals surface area contributed by atoms with E-state index < -0.39 is 35.4 Å². The number of halogens is 4. The summed E-state index contributed by atoms with van der Waals surface area (Å²) in [5.74, 6) is -1.86. The van der Waals surface area contributed by atoms with Crippen LogP contribution in [0.2, 0.25) is 5.02 Å². The van der Waals surface area contributed by atoms with Crippen LogP contribution in [0.25, 0.3) is 22.1 Å². The molecule has 5 nitrogen and oxygen atoms in total. The first-order valence-electron chi connectivity index (χ1n) is 10.6. The van der Waals surface area contributed by atoms with Crippen molar-refractivity contribution in [3.8, 4) is 16.9 Å². The number of hydrogen-bond acceptors (Lipinski definition) is 4. The number of amides is 1. The highest BCUT2D eigenvalue weighted by Crippen LogP contribution is 2.39. The zero-order valence-corrected chi connectivity index (χ0v) is 19.2. The number of fused-ring (bicyclic) bond motifs is 1. The smallest absolute Gasteiger partial charge is 0.450 e. The molecule has 0 bridgehead atoms. The van der Waals surface area contributed by atoms with Crippen molar-refractivity contribution in [2.45, 2.75) is 19.5 Å². The van der Waals surface area contributed by atoms with Crippen LogP contribution in [0.5, 0.6) is 5.75 Å². The van der Waals surface area contributed by atoms with E-state index in [1.165, 1.54) is 30.3 Å². The van der Waals surface area contributed by atoms with Crippen molar-refractivity contribution in [3.05, 3.63) is 93.3 Å². The third-order valence-corrected chi connectivity index (χ3v) is 5.61. The fraction of sp³-hybridized carbons (Fsp3) is 0.154. The number of rotatable bonds is 6. The Balaban J connectivity index is 1.62. The average molecular weight is 502 g/mol. The van der Waals surface area contributed by atoms with Gasteiger partial charge in [-0.15, -0.1) is 0 Å². The molecule has 9 heteroatoms. The highest BCUT2D eigenvalue weighted by atomic mass is 35.5. The van der Waals surface area contributed by atoms with Crippen LogP contribution in [0.1, 0.15) is 18.2 Å². The van der Waals surface area contributed by atoms with E-state index >= 15 is 0 Å². The van der Waals surface area contributed by atoms with E-state index in [0.717, 1.165) is 18.1 Å². The van der Waals surface area contributed by atoms with Gasteiger partial charge in [0.05, 0.1) is 10.9 Å². The molecule has 4 rings (SSSR count). The van der Waals surface area contributed by atoms with Crippen LogP contribution in [-0.2, 0) is 17.4 Å². The lowest BCUT2D eigenvalue weighted by atomic mass is 10.0. The highest BCUT2D eigenvalue weighted by Gasteiger charge is 2.39. The van der Waals surface area contributed by atoms with E-state index in [0.29, 0.717) is 5.69 Å². The quantitative estimate of drug-likeness (QED) is 0.319. The van der Waals surface area contributed by atoms with Crippen molar-refractivity contribution < 1.29 is 27.1 Å². The summed E-state index contributed by atoms with van der Waals surface area (Å²) in [6, 6.07) is 16.8. The van der Waals surface area contributed by atoms with Crippen LogP contribution in [0.3, 0.4) is 0 Å². The maximum Gasteiger partial charge on any atom is 0.450 e. The molecule has 0 spiro atoms. The normalized spacial score (nSPS) is 11.5. The van der Waals surface area contributed by atoms with Crippen LogP contribution in [-0.4, -0.2) is 12.5 Å². The van der Waals surface area contributed by atoms with Crippen LogP contribution in [0.15, 0.2) is 75.9 Å². The second-order valence-electron chi connectivity index (χ2n) is 7.66. The van der Waals surface area contributed by atoms with Gasteiger partial charge in [0.2, 0.25) is 11.2 Å². The minimum atomic E-state index is -4.95. The summed E-state index contributed by atoms with van der Waals surface area (Å²) in [7, 11) is 0. The number of alkyl halides is 3. The van der Waals surface area contributed by atoms with Crippen molar-refractivity contribution in [3.63, 3.8) is 0 Å². The second-order valence-corrected chi connectivity index (χ2v) is 8.07. The lowest BCUT2D eigenvalue weighted by Crippen LogP contribution is -2.20. The summed E-state index contributed by atoms with van der Waals surface area (Å²) in [6.45, 7) is 1.62. The van der Waals surface area contributed by atoms with Gasteiger partial charge in [0.25, 0.3) is 5.91 Å². The van der Waals surface area contributed by atoms with Gasteiger partial charge in [0, 0.05) is 22.3 Å². The van der Waals surface area contributed by atoms with Gasteiger partial charge >= 0.3 is 6.18 Å². The molecule has 1 N–H and O–H groups in total. The number of aryl methyl sites for hydroxylation is 1. The first-order chi connectivity index (χ1) is 16.7. The molecular formula is C26H19ClF3NO4. The molecule has 0 saturated heterocycles. The number of nitrogens with one attached hydrogen (secondary N) is 1. The van der Waals surface area contributed by atoms with Gasteiger partial charge in [0.1, 0.15) is 11.3 Å². The Labute approximate surface area is 203 Å². The molecule has 35 heavy (non-hydrogen) atoms. The lowest BCUT2D eigenvalue weighted by Gasteiger charge is -2.14. The molecule has 0 saturated carbocycles. The largest absolute Gasteiger partial charge is 0.484 e. The topological polar surface area (TPSA) is 68.5 Å². The third kappa shape index (κ3) is 5.33. The lowest BCUT2D eigenvalue weighted by molar-refractivity contribution is -0.152. The molecule has 180 valence electrons. The molecule has 1 amide bonds. The minimum absolute atomic E-state index is 0.0139. The van der Waals surface area contributed by atoms with E-state index in [-0.39, 0.29) is 27.3 Å². The number of carbonyl (C=O) groups excluding carboxylic acids is 1. The molecular weight excluding hydrogens is 483 g/mol. The minimum Gasteiger partial charge on any atom is -0.484 e. The van der Waals surface area contributed by atoms with Crippen LogP contribution in [0.4, 0.5) is 18.9 Å². The van der Waals surface area contributed by atoms with Gasteiger partial charge in [-0.2, -0.15) is 13.2 Å². The first-order valence-corrected chi connectivity index (χ1v) is 11.0. The number of hydrogen-bond donors (Lipinski definition) is 1. The monoisotopic (exact) mass is 501 g/mol. The van der Waals surface area contributed by atoms with Gasteiger partial charge in [-0.05, 0) is 42.3 Å². The van der Waals surface area contributed by atoms with Gasteiger partial charge in [-0.1, -0.05) is 48.9 Å². The predicted molar refractivity (Wildman–Crippen MR) is 128 cm³/mol. The van der Waals surface area contributed by atoms with E-state index in [2.05, 4.69) is 5.32 Å². The zero-order chi connectivity index (χ0) is 25.2. The molecule has 0 aliphatic heterocycles. The van der Waals surface area contributed by atoms with Crippen LogP contribution in [0, 0.1) is 0 Å². The summed E-state index contributed by atoms with van der Waals surface area (Å²) >= 11 is 6.07. The molecule has 0 aliphatic rings.